The number of benzene rings is 2. The smallest absolute Gasteiger partial charge is 0.255 e. The van der Waals surface area contributed by atoms with E-state index < -0.39 is 5.41 Å². The molecule has 25 heavy (non-hydrogen) atoms. The summed E-state index contributed by atoms with van der Waals surface area (Å²) in [6.07, 6.45) is 0.803. The Morgan fingerprint density at radius 2 is 1.88 bits per heavy atom. The number of amides is 2. The first kappa shape index (κ1) is 17.7. The van der Waals surface area contributed by atoms with Crippen molar-refractivity contribution in [2.75, 3.05) is 16.8 Å². The Labute approximate surface area is 156 Å². The van der Waals surface area contributed by atoms with Crippen molar-refractivity contribution in [2.45, 2.75) is 27.2 Å². The van der Waals surface area contributed by atoms with Gasteiger partial charge in [0.2, 0.25) is 5.91 Å². The third-order valence-corrected chi connectivity index (χ3v) is 4.70. The Kier molecular flexibility index (Phi) is 4.69. The van der Waals surface area contributed by atoms with E-state index >= 15 is 0 Å². The molecule has 1 N–H and O–H groups in total. The van der Waals surface area contributed by atoms with E-state index in [4.69, 9.17) is 0 Å². The molecule has 1 heterocycles. The van der Waals surface area contributed by atoms with Gasteiger partial charge >= 0.3 is 0 Å². The van der Waals surface area contributed by atoms with E-state index in [1.54, 1.807) is 12.1 Å². The molecule has 2 amide bonds. The minimum Gasteiger partial charge on any atom is -0.322 e. The molecule has 4 nitrogen and oxygen atoms in total. The number of anilines is 2. The Bertz CT molecular complexity index is 840. The maximum atomic E-state index is 12.6. The summed E-state index contributed by atoms with van der Waals surface area (Å²) < 4.78 is 0.866. The summed E-state index contributed by atoms with van der Waals surface area (Å²) in [5, 5.41) is 2.93. The van der Waals surface area contributed by atoms with Crippen molar-refractivity contribution in [3.05, 3.63) is 58.1 Å². The van der Waals surface area contributed by atoms with Crippen LogP contribution in [0.2, 0.25) is 0 Å². The molecule has 0 spiro atoms. The molecule has 1 aliphatic rings. The van der Waals surface area contributed by atoms with Crippen LogP contribution >= 0.6 is 15.9 Å². The predicted octanol–water partition coefficient (Wildman–Crippen LogP) is 4.64. The number of hydrogen-bond acceptors (Lipinski definition) is 2. The van der Waals surface area contributed by atoms with Crippen LogP contribution in [0.1, 0.15) is 36.7 Å². The molecule has 1 aliphatic heterocycles. The largest absolute Gasteiger partial charge is 0.322 e. The molecule has 0 fully saturated rings. The predicted molar refractivity (Wildman–Crippen MR) is 104 cm³/mol. The molecule has 3 rings (SSSR count). The van der Waals surface area contributed by atoms with Gasteiger partial charge in [0.1, 0.15) is 0 Å². The summed E-state index contributed by atoms with van der Waals surface area (Å²) in [6.45, 7) is 6.48. The van der Waals surface area contributed by atoms with Crippen LogP contribution in [0.15, 0.2) is 46.9 Å². The summed E-state index contributed by atoms with van der Waals surface area (Å²) in [6, 6.07) is 13.0. The summed E-state index contributed by atoms with van der Waals surface area (Å²) in [5.74, 6) is -0.0287. The van der Waals surface area contributed by atoms with Gasteiger partial charge in [0.05, 0.1) is 0 Å². The van der Waals surface area contributed by atoms with E-state index in [2.05, 4.69) is 21.2 Å². The molecule has 5 heteroatoms. The number of rotatable bonds is 2. The molecule has 0 saturated carbocycles. The lowest BCUT2D eigenvalue weighted by molar-refractivity contribution is -0.125. The number of fused-ring (bicyclic) bond motifs is 1. The van der Waals surface area contributed by atoms with E-state index in [9.17, 15) is 9.59 Å². The first-order chi connectivity index (χ1) is 11.8. The van der Waals surface area contributed by atoms with Crippen LogP contribution < -0.4 is 10.2 Å². The lowest BCUT2D eigenvalue weighted by Gasteiger charge is -2.26. The monoisotopic (exact) mass is 400 g/mol. The number of carbonyl (C=O) groups excluding carboxylic acids is 2. The molecule has 0 atom stereocenters. The van der Waals surface area contributed by atoms with E-state index in [1.807, 2.05) is 56.0 Å². The zero-order chi connectivity index (χ0) is 18.2. The van der Waals surface area contributed by atoms with Crippen molar-refractivity contribution < 1.29 is 9.59 Å². The average Bonchev–Trinajstić information content (AvgIpc) is 2.96. The van der Waals surface area contributed by atoms with Gasteiger partial charge in [-0.15, -0.1) is 0 Å². The van der Waals surface area contributed by atoms with Gasteiger partial charge in [0, 0.05) is 33.4 Å². The van der Waals surface area contributed by atoms with Gasteiger partial charge in [-0.3, -0.25) is 9.59 Å². The van der Waals surface area contributed by atoms with E-state index in [0.29, 0.717) is 12.1 Å². The number of carbonyl (C=O) groups is 2. The van der Waals surface area contributed by atoms with E-state index in [1.165, 1.54) is 0 Å². The fraction of sp³-hybridized carbons (Fsp3) is 0.300. The zero-order valence-corrected chi connectivity index (χ0v) is 16.2. The number of nitrogens with zero attached hydrogens (tertiary/aromatic N) is 1. The second-order valence-electron chi connectivity index (χ2n) is 7.26. The first-order valence-corrected chi connectivity index (χ1v) is 9.07. The third kappa shape index (κ3) is 3.76. The lowest BCUT2D eigenvalue weighted by Crippen LogP contribution is -2.38. The maximum absolute atomic E-state index is 12.6. The molecule has 0 saturated heterocycles. The highest BCUT2D eigenvalue weighted by Crippen LogP contribution is 2.33. The Morgan fingerprint density at radius 1 is 1.12 bits per heavy atom. The second kappa shape index (κ2) is 6.64. The van der Waals surface area contributed by atoms with Gasteiger partial charge in [-0.05, 0) is 48.4 Å². The quantitative estimate of drug-likeness (QED) is 0.797. The van der Waals surface area contributed by atoms with Gasteiger partial charge in [-0.1, -0.05) is 42.8 Å². The fourth-order valence-corrected chi connectivity index (χ4v) is 3.33. The van der Waals surface area contributed by atoms with Gasteiger partial charge in [-0.25, -0.2) is 0 Å². The lowest BCUT2D eigenvalue weighted by atomic mass is 9.94. The van der Waals surface area contributed by atoms with Crippen molar-refractivity contribution in [1.82, 2.24) is 0 Å². The molecule has 0 aliphatic carbocycles. The van der Waals surface area contributed by atoms with Crippen LogP contribution in [-0.2, 0) is 11.2 Å². The molecule has 0 bridgehead atoms. The number of nitrogens with one attached hydrogen (secondary N) is 1. The molecule has 0 radical (unpaired) electrons. The molecule has 0 aromatic heterocycles. The Morgan fingerprint density at radius 3 is 2.56 bits per heavy atom. The highest BCUT2D eigenvalue weighted by Gasteiger charge is 2.32. The average molecular weight is 401 g/mol. The summed E-state index contributed by atoms with van der Waals surface area (Å²) >= 11 is 3.38. The van der Waals surface area contributed by atoms with Crippen LogP contribution in [0, 0.1) is 5.41 Å². The van der Waals surface area contributed by atoms with Crippen molar-refractivity contribution in [1.29, 1.82) is 0 Å². The molecular formula is C20H21BrN2O2. The van der Waals surface area contributed by atoms with E-state index in [0.717, 1.165) is 27.8 Å². The minimum absolute atomic E-state index is 0.122. The maximum Gasteiger partial charge on any atom is 0.255 e. The van der Waals surface area contributed by atoms with Crippen molar-refractivity contribution in [2.24, 2.45) is 5.41 Å². The molecular weight excluding hydrogens is 380 g/mol. The van der Waals surface area contributed by atoms with Crippen LogP contribution in [0.5, 0.6) is 0 Å². The SMILES string of the molecule is CC(C)(C)C(=O)N1CCc2cc(NC(=O)c3cccc(Br)c3)ccc21. The minimum atomic E-state index is -0.408. The molecule has 130 valence electrons. The first-order valence-electron chi connectivity index (χ1n) is 8.27. The number of halogens is 1. The van der Waals surface area contributed by atoms with Crippen molar-refractivity contribution in [3.63, 3.8) is 0 Å². The van der Waals surface area contributed by atoms with Gasteiger partial charge < -0.3 is 10.2 Å². The van der Waals surface area contributed by atoms with Crippen LogP contribution in [0.4, 0.5) is 11.4 Å². The van der Waals surface area contributed by atoms with E-state index in [-0.39, 0.29) is 11.8 Å². The molecule has 0 unspecified atom stereocenters. The Balaban J connectivity index is 1.79. The van der Waals surface area contributed by atoms with Crippen LogP contribution in [-0.4, -0.2) is 18.4 Å². The van der Waals surface area contributed by atoms with Crippen LogP contribution in [0.25, 0.3) is 0 Å². The molecule has 2 aromatic rings. The summed E-state index contributed by atoms with van der Waals surface area (Å²) in [5.41, 5.74) is 2.97. The fourth-order valence-electron chi connectivity index (χ4n) is 2.93. The Hall–Kier alpha value is -2.14. The van der Waals surface area contributed by atoms with Gasteiger partial charge in [0.15, 0.2) is 0 Å². The summed E-state index contributed by atoms with van der Waals surface area (Å²) in [4.78, 5) is 26.8. The van der Waals surface area contributed by atoms with Crippen LogP contribution in [0.3, 0.4) is 0 Å². The highest BCUT2D eigenvalue weighted by molar-refractivity contribution is 9.10. The zero-order valence-electron chi connectivity index (χ0n) is 14.6. The number of hydrogen-bond donors (Lipinski definition) is 1. The highest BCUT2D eigenvalue weighted by atomic mass is 79.9. The van der Waals surface area contributed by atoms with Crippen molar-refractivity contribution in [3.8, 4) is 0 Å². The topological polar surface area (TPSA) is 49.4 Å². The summed E-state index contributed by atoms with van der Waals surface area (Å²) in [7, 11) is 0. The molecule has 2 aromatic carbocycles. The van der Waals surface area contributed by atoms with Gasteiger partial charge in [0.25, 0.3) is 5.91 Å². The van der Waals surface area contributed by atoms with Gasteiger partial charge in [-0.2, -0.15) is 0 Å². The standard InChI is InChI=1S/C20H21BrN2O2/c1-20(2,3)19(25)23-10-9-13-12-16(7-8-17(13)23)22-18(24)14-5-4-6-15(21)11-14/h4-8,11-12H,9-10H2,1-3H3,(H,22,24). The third-order valence-electron chi connectivity index (χ3n) is 4.21. The normalized spacial score (nSPS) is 13.5. The van der Waals surface area contributed by atoms with Crippen molar-refractivity contribution >= 4 is 39.1 Å². The second-order valence-corrected chi connectivity index (χ2v) is 8.18.